The Hall–Kier alpha value is -1.37. The molecule has 0 fully saturated rings. The maximum Gasteiger partial charge on any atom is 0.261 e. The van der Waals surface area contributed by atoms with E-state index in [-0.39, 0.29) is 0 Å². The standard InChI is InChI=1S/C10H12N2.CH4O3S/c11-6-5-8-7-12-10-4-2-1-3-9(8)10;1-5(2,3)4/h1-4,7,12H,5-6,11H2;1H3,(H,2,3,4). The van der Waals surface area contributed by atoms with Crippen LogP contribution in [0.3, 0.4) is 0 Å². The smallest absolute Gasteiger partial charge is 0.261 e. The third-order valence-electron chi connectivity index (χ3n) is 2.09. The van der Waals surface area contributed by atoms with Gasteiger partial charge in [-0.2, -0.15) is 8.42 Å². The summed E-state index contributed by atoms with van der Waals surface area (Å²) in [5, 5.41) is 1.29. The van der Waals surface area contributed by atoms with Gasteiger partial charge in [-0.1, -0.05) is 18.2 Å². The molecule has 0 aliphatic rings. The second-order valence-corrected chi connectivity index (χ2v) is 5.10. The van der Waals surface area contributed by atoms with E-state index in [4.69, 9.17) is 10.3 Å². The Kier molecular flexibility index (Phi) is 4.68. The average molecular weight is 256 g/mol. The summed E-state index contributed by atoms with van der Waals surface area (Å²) < 4.78 is 25.9. The van der Waals surface area contributed by atoms with Crippen LogP contribution in [0, 0.1) is 0 Å². The quantitative estimate of drug-likeness (QED) is 0.703. The minimum atomic E-state index is -3.67. The average Bonchev–Trinajstić information content (AvgIpc) is 2.60. The number of aromatic nitrogens is 1. The number of benzene rings is 1. The van der Waals surface area contributed by atoms with Crippen molar-refractivity contribution < 1.29 is 13.0 Å². The molecule has 17 heavy (non-hydrogen) atoms. The van der Waals surface area contributed by atoms with Crippen molar-refractivity contribution in [1.82, 2.24) is 4.98 Å². The Balaban J connectivity index is 0.000000249. The van der Waals surface area contributed by atoms with E-state index in [1.807, 2.05) is 12.3 Å². The molecular formula is C11H16N2O3S. The van der Waals surface area contributed by atoms with Gasteiger partial charge >= 0.3 is 0 Å². The molecule has 0 bridgehead atoms. The molecule has 0 spiro atoms. The normalized spacial score (nSPS) is 11.0. The number of aromatic amines is 1. The molecule has 2 rings (SSSR count). The van der Waals surface area contributed by atoms with Crippen LogP contribution in [0.25, 0.3) is 10.9 Å². The maximum atomic E-state index is 9.19. The summed E-state index contributed by atoms with van der Waals surface area (Å²) in [5.41, 5.74) is 8.01. The highest BCUT2D eigenvalue weighted by Gasteiger charge is 1.99. The van der Waals surface area contributed by atoms with Gasteiger partial charge in [-0.05, 0) is 24.6 Å². The lowest BCUT2D eigenvalue weighted by atomic mass is 10.1. The first kappa shape index (κ1) is 13.7. The van der Waals surface area contributed by atoms with E-state index >= 15 is 0 Å². The number of rotatable bonds is 2. The summed E-state index contributed by atoms with van der Waals surface area (Å²) in [6.07, 6.45) is 3.70. The maximum absolute atomic E-state index is 9.19. The van der Waals surface area contributed by atoms with E-state index in [2.05, 4.69) is 23.2 Å². The first-order chi connectivity index (χ1) is 7.92. The van der Waals surface area contributed by atoms with Crippen LogP contribution in [0.4, 0.5) is 0 Å². The number of fused-ring (bicyclic) bond motifs is 1. The van der Waals surface area contributed by atoms with Gasteiger partial charge in [0.15, 0.2) is 0 Å². The molecule has 0 radical (unpaired) electrons. The summed E-state index contributed by atoms with van der Waals surface area (Å²) in [7, 11) is -3.67. The molecule has 0 aliphatic heterocycles. The van der Waals surface area contributed by atoms with Gasteiger partial charge in [0.05, 0.1) is 6.26 Å². The van der Waals surface area contributed by atoms with Gasteiger partial charge in [0.25, 0.3) is 10.1 Å². The first-order valence-corrected chi connectivity index (χ1v) is 6.94. The van der Waals surface area contributed by atoms with E-state index < -0.39 is 10.1 Å². The van der Waals surface area contributed by atoms with Gasteiger partial charge in [-0.25, -0.2) is 0 Å². The molecular weight excluding hydrogens is 240 g/mol. The molecule has 2 aromatic rings. The van der Waals surface area contributed by atoms with Gasteiger partial charge in [0.1, 0.15) is 0 Å². The van der Waals surface area contributed by atoms with Crippen molar-refractivity contribution in [3.63, 3.8) is 0 Å². The molecule has 0 unspecified atom stereocenters. The molecule has 94 valence electrons. The van der Waals surface area contributed by atoms with Gasteiger partial charge in [-0.15, -0.1) is 0 Å². The van der Waals surface area contributed by atoms with Crippen LogP contribution in [0.5, 0.6) is 0 Å². The lowest BCUT2D eigenvalue weighted by Gasteiger charge is -1.93. The van der Waals surface area contributed by atoms with Crippen LogP contribution >= 0.6 is 0 Å². The fourth-order valence-electron chi connectivity index (χ4n) is 1.49. The molecule has 5 nitrogen and oxygen atoms in total. The molecule has 0 aliphatic carbocycles. The third kappa shape index (κ3) is 4.99. The SMILES string of the molecule is CS(=O)(=O)O.NCCc1c[nH]c2ccccc12. The van der Waals surface area contributed by atoms with Crippen molar-refractivity contribution >= 4 is 21.0 Å². The highest BCUT2D eigenvalue weighted by atomic mass is 32.2. The zero-order chi connectivity index (χ0) is 12.9. The summed E-state index contributed by atoms with van der Waals surface area (Å²) in [6.45, 7) is 0.710. The number of hydrogen-bond donors (Lipinski definition) is 3. The predicted octanol–water partition coefficient (Wildman–Crippen LogP) is 1.17. The molecule has 0 saturated carbocycles. The van der Waals surface area contributed by atoms with E-state index in [9.17, 15) is 8.42 Å². The van der Waals surface area contributed by atoms with Crippen molar-refractivity contribution in [1.29, 1.82) is 0 Å². The van der Waals surface area contributed by atoms with E-state index in [1.54, 1.807) is 0 Å². The third-order valence-corrected chi connectivity index (χ3v) is 2.09. The lowest BCUT2D eigenvalue weighted by Crippen LogP contribution is -2.01. The minimum absolute atomic E-state index is 0.710. The Labute approximate surface area is 100 Å². The fraction of sp³-hybridized carbons (Fsp3) is 0.273. The van der Waals surface area contributed by atoms with Gasteiger partial charge < -0.3 is 10.7 Å². The van der Waals surface area contributed by atoms with Crippen molar-refractivity contribution in [2.45, 2.75) is 6.42 Å². The van der Waals surface area contributed by atoms with Crippen LogP contribution in [-0.4, -0.2) is 30.8 Å². The van der Waals surface area contributed by atoms with Crippen molar-refractivity contribution in [2.24, 2.45) is 5.73 Å². The highest BCUT2D eigenvalue weighted by molar-refractivity contribution is 7.85. The molecule has 0 atom stereocenters. The molecule has 1 aromatic carbocycles. The topological polar surface area (TPSA) is 96.2 Å². The number of hydrogen-bond acceptors (Lipinski definition) is 3. The number of nitrogens with one attached hydrogen (secondary N) is 1. The summed E-state index contributed by atoms with van der Waals surface area (Å²) in [5.74, 6) is 0. The van der Waals surface area contributed by atoms with Gasteiger partial charge in [0, 0.05) is 17.1 Å². The van der Waals surface area contributed by atoms with Crippen molar-refractivity contribution in [2.75, 3.05) is 12.8 Å². The Morgan fingerprint density at radius 3 is 2.53 bits per heavy atom. The van der Waals surface area contributed by atoms with Crippen LogP contribution in [0.1, 0.15) is 5.56 Å². The summed E-state index contributed by atoms with van der Waals surface area (Å²) in [4.78, 5) is 3.22. The number of H-pyrrole nitrogens is 1. The number of nitrogens with two attached hydrogens (primary N) is 1. The zero-order valence-electron chi connectivity index (χ0n) is 9.55. The molecule has 1 heterocycles. The Bertz CT molecular complexity index is 567. The molecule has 0 saturated heterocycles. The monoisotopic (exact) mass is 256 g/mol. The Morgan fingerprint density at radius 2 is 1.94 bits per heavy atom. The van der Waals surface area contributed by atoms with Crippen LogP contribution in [0.15, 0.2) is 30.5 Å². The van der Waals surface area contributed by atoms with Gasteiger partial charge in [0.2, 0.25) is 0 Å². The van der Waals surface area contributed by atoms with Crippen molar-refractivity contribution in [3.8, 4) is 0 Å². The molecule has 4 N–H and O–H groups in total. The van der Waals surface area contributed by atoms with Crippen LogP contribution < -0.4 is 5.73 Å². The fourth-order valence-corrected chi connectivity index (χ4v) is 1.49. The van der Waals surface area contributed by atoms with Crippen LogP contribution in [-0.2, 0) is 16.5 Å². The summed E-state index contributed by atoms with van der Waals surface area (Å²) >= 11 is 0. The van der Waals surface area contributed by atoms with Gasteiger partial charge in [-0.3, -0.25) is 4.55 Å². The zero-order valence-corrected chi connectivity index (χ0v) is 10.4. The predicted molar refractivity (Wildman–Crippen MR) is 68.5 cm³/mol. The van der Waals surface area contributed by atoms with E-state index in [0.29, 0.717) is 12.8 Å². The molecule has 0 amide bonds. The van der Waals surface area contributed by atoms with Crippen LogP contribution in [0.2, 0.25) is 0 Å². The highest BCUT2D eigenvalue weighted by Crippen LogP contribution is 2.17. The molecule has 6 heteroatoms. The second-order valence-electron chi connectivity index (χ2n) is 3.63. The van der Waals surface area contributed by atoms with E-state index in [1.165, 1.54) is 16.5 Å². The number of para-hydroxylation sites is 1. The van der Waals surface area contributed by atoms with Crippen molar-refractivity contribution in [3.05, 3.63) is 36.0 Å². The molecule has 1 aromatic heterocycles. The van der Waals surface area contributed by atoms with E-state index in [0.717, 1.165) is 6.42 Å². The Morgan fingerprint density at radius 1 is 1.35 bits per heavy atom. The lowest BCUT2D eigenvalue weighted by molar-refractivity contribution is 0.490. The second kappa shape index (κ2) is 5.81. The minimum Gasteiger partial charge on any atom is -0.361 e. The summed E-state index contributed by atoms with van der Waals surface area (Å²) in [6, 6.07) is 8.29. The first-order valence-electron chi connectivity index (χ1n) is 5.09. The largest absolute Gasteiger partial charge is 0.361 e.